The molecule has 1 aliphatic heterocycles. The van der Waals surface area contributed by atoms with E-state index in [9.17, 15) is 16.8 Å². The molecule has 0 bridgehead atoms. The van der Waals surface area contributed by atoms with Crippen LogP contribution in [0.5, 0.6) is 0 Å². The third kappa shape index (κ3) is 8.85. The highest BCUT2D eigenvalue weighted by Gasteiger charge is 2.16. The van der Waals surface area contributed by atoms with E-state index in [1.807, 2.05) is 0 Å². The van der Waals surface area contributed by atoms with Gasteiger partial charge in [0, 0.05) is 19.1 Å². The fourth-order valence-electron chi connectivity index (χ4n) is 2.11. The lowest BCUT2D eigenvalue weighted by atomic mass is 10.0. The summed E-state index contributed by atoms with van der Waals surface area (Å²) in [6, 6.07) is 0.298. The van der Waals surface area contributed by atoms with Crippen molar-refractivity contribution >= 4 is 20.0 Å². The van der Waals surface area contributed by atoms with Crippen molar-refractivity contribution in [2.24, 2.45) is 0 Å². The molecule has 1 atom stereocenters. The molecule has 20 heavy (non-hydrogen) atoms. The number of nitrogens with one attached hydrogen (secondary N) is 3. The van der Waals surface area contributed by atoms with Crippen LogP contribution >= 0.6 is 0 Å². The first kappa shape index (κ1) is 17.8. The Kier molecular flexibility index (Phi) is 7.38. The molecule has 1 aliphatic rings. The van der Waals surface area contributed by atoms with Crippen molar-refractivity contribution in [2.75, 3.05) is 31.6 Å². The van der Waals surface area contributed by atoms with Gasteiger partial charge in [0.05, 0.1) is 12.0 Å². The molecule has 1 heterocycles. The van der Waals surface area contributed by atoms with Crippen molar-refractivity contribution in [3.05, 3.63) is 0 Å². The van der Waals surface area contributed by atoms with Gasteiger partial charge in [-0.15, -0.1) is 0 Å². The number of rotatable bonds is 9. The molecule has 1 unspecified atom stereocenters. The lowest BCUT2D eigenvalue weighted by Gasteiger charge is -2.23. The van der Waals surface area contributed by atoms with Crippen molar-refractivity contribution in [2.45, 2.75) is 38.1 Å². The Morgan fingerprint density at radius 1 is 1.10 bits per heavy atom. The van der Waals surface area contributed by atoms with E-state index in [-0.39, 0.29) is 18.8 Å². The second-order valence-corrected chi connectivity index (χ2v) is 8.93. The third-order valence-electron chi connectivity index (χ3n) is 3.19. The summed E-state index contributed by atoms with van der Waals surface area (Å²) in [6.07, 6.45) is 5.49. The molecule has 1 fully saturated rings. The fourth-order valence-corrected chi connectivity index (χ4v) is 3.82. The van der Waals surface area contributed by atoms with Crippen LogP contribution in [0.1, 0.15) is 32.1 Å². The highest BCUT2D eigenvalue weighted by atomic mass is 32.2. The Balaban J connectivity index is 2.14. The minimum atomic E-state index is -3.26. The van der Waals surface area contributed by atoms with E-state index in [0.29, 0.717) is 18.9 Å². The molecule has 120 valence electrons. The quantitative estimate of drug-likeness (QED) is 0.490. The summed E-state index contributed by atoms with van der Waals surface area (Å²) in [6.45, 7) is 1.46. The van der Waals surface area contributed by atoms with Gasteiger partial charge in [-0.3, -0.25) is 0 Å². The second kappa shape index (κ2) is 8.28. The van der Waals surface area contributed by atoms with Gasteiger partial charge in [-0.2, -0.15) is 0 Å². The zero-order chi connectivity index (χ0) is 15.1. The van der Waals surface area contributed by atoms with Crippen LogP contribution in [0.2, 0.25) is 0 Å². The van der Waals surface area contributed by atoms with E-state index >= 15 is 0 Å². The molecule has 1 saturated heterocycles. The minimum absolute atomic E-state index is 0.115. The van der Waals surface area contributed by atoms with Crippen molar-refractivity contribution in [3.8, 4) is 0 Å². The van der Waals surface area contributed by atoms with Crippen molar-refractivity contribution in [1.82, 2.24) is 14.8 Å². The molecule has 0 amide bonds. The molecule has 1 rings (SSSR count). The summed E-state index contributed by atoms with van der Waals surface area (Å²) in [7, 11) is -6.46. The van der Waals surface area contributed by atoms with E-state index in [1.165, 1.54) is 0 Å². The van der Waals surface area contributed by atoms with Gasteiger partial charge >= 0.3 is 0 Å². The maximum Gasteiger partial charge on any atom is 0.211 e. The van der Waals surface area contributed by atoms with E-state index in [4.69, 9.17) is 0 Å². The van der Waals surface area contributed by atoms with Crippen LogP contribution in [0.4, 0.5) is 0 Å². The summed E-state index contributed by atoms with van der Waals surface area (Å²) >= 11 is 0. The van der Waals surface area contributed by atoms with E-state index < -0.39 is 20.0 Å². The van der Waals surface area contributed by atoms with Crippen LogP contribution in [0.3, 0.4) is 0 Å². The van der Waals surface area contributed by atoms with Gasteiger partial charge in [0.25, 0.3) is 0 Å². The fraction of sp³-hybridized carbons (Fsp3) is 1.00. The van der Waals surface area contributed by atoms with E-state index in [1.54, 1.807) is 0 Å². The largest absolute Gasteiger partial charge is 0.314 e. The van der Waals surface area contributed by atoms with Crippen LogP contribution in [-0.4, -0.2) is 54.5 Å². The van der Waals surface area contributed by atoms with Crippen molar-refractivity contribution in [3.63, 3.8) is 0 Å². The maximum atomic E-state index is 11.8. The maximum absolute atomic E-state index is 11.8. The van der Waals surface area contributed by atoms with Gasteiger partial charge in [-0.05, 0) is 32.2 Å². The normalized spacial score (nSPS) is 20.9. The van der Waals surface area contributed by atoms with Crippen molar-refractivity contribution < 1.29 is 16.8 Å². The summed E-state index contributed by atoms with van der Waals surface area (Å²) in [5.74, 6) is 0.115. The molecule has 0 aromatic carbocycles. The molecule has 0 aromatic heterocycles. The van der Waals surface area contributed by atoms with E-state index in [0.717, 1.165) is 32.1 Å². The predicted molar refractivity (Wildman–Crippen MR) is 79.5 cm³/mol. The monoisotopic (exact) mass is 327 g/mol. The van der Waals surface area contributed by atoms with Gasteiger partial charge in [0.1, 0.15) is 0 Å². The second-order valence-electron chi connectivity index (χ2n) is 5.17. The molecular formula is C11H25N3O4S2. The lowest BCUT2D eigenvalue weighted by molar-refractivity contribution is 0.392. The standard InChI is InChI=1S/C11H25N3O4S2/c1-19(15,16)13-8-4-9-14-20(17,18)10-6-11-5-2-3-7-12-11/h11-14H,2-10H2,1H3. The summed E-state index contributed by atoms with van der Waals surface area (Å²) in [5.41, 5.74) is 0. The zero-order valence-corrected chi connectivity index (χ0v) is 13.5. The number of hydrogen-bond acceptors (Lipinski definition) is 5. The first-order valence-electron chi connectivity index (χ1n) is 6.94. The Morgan fingerprint density at radius 3 is 2.40 bits per heavy atom. The molecule has 0 spiro atoms. The Labute approximate surface area is 122 Å². The topological polar surface area (TPSA) is 104 Å². The number of piperidine rings is 1. The van der Waals surface area contributed by atoms with Crippen molar-refractivity contribution in [1.29, 1.82) is 0 Å². The SMILES string of the molecule is CS(=O)(=O)NCCCNS(=O)(=O)CCC1CCCCN1. The molecule has 3 N–H and O–H groups in total. The van der Waals surface area contributed by atoms with Gasteiger partial charge < -0.3 is 5.32 Å². The van der Waals surface area contributed by atoms with Gasteiger partial charge in [0.15, 0.2) is 0 Å². The molecular weight excluding hydrogens is 302 g/mol. The van der Waals surface area contributed by atoms with E-state index in [2.05, 4.69) is 14.8 Å². The summed E-state index contributed by atoms with van der Waals surface area (Å²) in [5, 5.41) is 3.32. The number of sulfonamides is 2. The Morgan fingerprint density at radius 2 is 1.80 bits per heavy atom. The minimum Gasteiger partial charge on any atom is -0.314 e. The predicted octanol–water partition coefficient (Wildman–Crippen LogP) is -0.623. The lowest BCUT2D eigenvalue weighted by Crippen LogP contribution is -2.37. The molecule has 0 saturated carbocycles. The molecule has 7 nitrogen and oxygen atoms in total. The van der Waals surface area contributed by atoms with Gasteiger partial charge in [-0.1, -0.05) is 6.42 Å². The Bertz CT molecular complexity index is 470. The van der Waals surface area contributed by atoms with Crippen LogP contribution in [0.15, 0.2) is 0 Å². The van der Waals surface area contributed by atoms with Crippen LogP contribution in [0, 0.1) is 0 Å². The highest BCUT2D eigenvalue weighted by molar-refractivity contribution is 7.89. The molecule has 0 aromatic rings. The average molecular weight is 327 g/mol. The van der Waals surface area contributed by atoms with Crippen LogP contribution in [-0.2, 0) is 20.0 Å². The van der Waals surface area contributed by atoms with Gasteiger partial charge in [0.2, 0.25) is 20.0 Å². The third-order valence-corrected chi connectivity index (χ3v) is 5.33. The first-order chi connectivity index (χ1) is 9.29. The highest BCUT2D eigenvalue weighted by Crippen LogP contribution is 2.10. The summed E-state index contributed by atoms with van der Waals surface area (Å²) in [4.78, 5) is 0. The molecule has 9 heteroatoms. The molecule has 0 aliphatic carbocycles. The Hall–Kier alpha value is -0.220. The smallest absolute Gasteiger partial charge is 0.211 e. The zero-order valence-electron chi connectivity index (χ0n) is 11.9. The van der Waals surface area contributed by atoms with Crippen LogP contribution < -0.4 is 14.8 Å². The average Bonchev–Trinajstić information content (AvgIpc) is 2.36. The number of hydrogen-bond donors (Lipinski definition) is 3. The molecule has 0 radical (unpaired) electrons. The van der Waals surface area contributed by atoms with Gasteiger partial charge in [-0.25, -0.2) is 26.3 Å². The van der Waals surface area contributed by atoms with Crippen LogP contribution in [0.25, 0.3) is 0 Å². The first-order valence-corrected chi connectivity index (χ1v) is 10.5. The summed E-state index contributed by atoms with van der Waals surface area (Å²) < 4.78 is 49.9.